The summed E-state index contributed by atoms with van der Waals surface area (Å²) in [6, 6.07) is 0. The molecule has 0 amide bonds. The molecule has 176 valence electrons. The van der Waals surface area contributed by atoms with E-state index >= 15 is 0 Å². The Hall–Kier alpha value is -1.70. The molecule has 0 aromatic rings. The number of hydrogen-bond donors (Lipinski definition) is 2. The number of rotatable bonds is 2. The lowest BCUT2D eigenvalue weighted by Gasteiger charge is -2.60. The number of aliphatic hydroxyl groups is 2. The van der Waals surface area contributed by atoms with Crippen molar-refractivity contribution >= 4 is 11.6 Å². The summed E-state index contributed by atoms with van der Waals surface area (Å²) in [6.45, 7) is 15.4. The monoisotopic (exact) mass is 432 g/mol. The van der Waals surface area contributed by atoms with E-state index < -0.39 is 12.2 Å². The highest BCUT2D eigenvalue weighted by Gasteiger charge is 2.58. The van der Waals surface area contributed by atoms with Crippen molar-refractivity contribution in [2.75, 3.05) is 0 Å². The predicted octanol–water partition coefficient (Wildman–Crippen LogP) is 5.13. The maximum absolute atomic E-state index is 11.8. The Bertz CT molecular complexity index is 683. The summed E-state index contributed by atoms with van der Waals surface area (Å²) < 4.78 is 0. The molecule has 4 nitrogen and oxygen atoms in total. The first-order valence-corrected chi connectivity index (χ1v) is 11.6. The van der Waals surface area contributed by atoms with E-state index in [1.807, 2.05) is 26.8 Å². The van der Waals surface area contributed by atoms with Crippen LogP contribution >= 0.6 is 0 Å². The smallest absolute Gasteiger partial charge is 0.178 e. The van der Waals surface area contributed by atoms with E-state index in [1.165, 1.54) is 19.4 Å². The summed E-state index contributed by atoms with van der Waals surface area (Å²) in [5, 5.41) is 21.4. The van der Waals surface area contributed by atoms with Crippen LogP contribution in [0.1, 0.15) is 81.1 Å². The fourth-order valence-corrected chi connectivity index (χ4v) is 5.95. The largest absolute Gasteiger partial charge is 0.393 e. The van der Waals surface area contributed by atoms with Crippen molar-refractivity contribution in [2.45, 2.75) is 93.3 Å². The van der Waals surface area contributed by atoms with Gasteiger partial charge in [0, 0.05) is 11.3 Å². The summed E-state index contributed by atoms with van der Waals surface area (Å²) >= 11 is 0. The topological polar surface area (TPSA) is 74.6 Å². The molecule has 4 heteroatoms. The van der Waals surface area contributed by atoms with E-state index in [2.05, 4.69) is 33.6 Å². The molecule has 31 heavy (non-hydrogen) atoms. The second kappa shape index (κ2) is 12.4. The van der Waals surface area contributed by atoms with E-state index in [9.17, 15) is 19.8 Å². The molecule has 0 radical (unpaired) electrons. The van der Waals surface area contributed by atoms with E-state index in [-0.39, 0.29) is 28.3 Å². The van der Waals surface area contributed by atoms with Crippen LogP contribution in [-0.2, 0) is 9.59 Å². The average molecular weight is 433 g/mol. The van der Waals surface area contributed by atoms with Crippen LogP contribution in [0.2, 0.25) is 0 Å². The number of hydrogen-bond acceptors (Lipinski definition) is 4. The molecule has 2 saturated carbocycles. The second-order valence-electron chi connectivity index (χ2n) is 9.29. The van der Waals surface area contributed by atoms with Gasteiger partial charge in [-0.1, -0.05) is 52.7 Å². The van der Waals surface area contributed by atoms with Crippen LogP contribution in [0, 0.1) is 41.4 Å². The molecule has 0 spiro atoms. The molecule has 0 saturated heterocycles. The van der Waals surface area contributed by atoms with E-state index in [0.29, 0.717) is 18.3 Å². The summed E-state index contributed by atoms with van der Waals surface area (Å²) in [4.78, 5) is 21.2. The summed E-state index contributed by atoms with van der Waals surface area (Å²) in [7, 11) is 0. The SMILES string of the molecule is C#C.CC.CC(C)=O.CCC1C2CCC3=CC(=O)C=CC3(C)C2C(O)CC1(C)[C@@H](C)O. The van der Waals surface area contributed by atoms with Gasteiger partial charge in [0.25, 0.3) is 0 Å². The van der Waals surface area contributed by atoms with Gasteiger partial charge in [-0.25, -0.2) is 0 Å². The van der Waals surface area contributed by atoms with E-state index in [0.717, 1.165) is 19.3 Å². The number of carbonyl (C=O) groups is 2. The highest BCUT2D eigenvalue weighted by Crippen LogP contribution is 2.61. The zero-order valence-electron chi connectivity index (χ0n) is 20.8. The predicted molar refractivity (Wildman–Crippen MR) is 128 cm³/mol. The summed E-state index contributed by atoms with van der Waals surface area (Å²) in [5.74, 6) is 1.18. The standard InChI is InChI=1S/C20H30O3.C3H6O.C2H6.C2H2/c1-5-16-15-7-6-13-10-14(22)8-9-19(13,3)18(15)17(23)11-20(16,4)12(2)21;1-3(2)4;2*1-2/h8-10,12,15-18,21,23H,5-7,11H2,1-4H3;1-2H3;1-2H3;1-2H/t12-,15?,16?,17?,18?,19?,20?;;;/m1.../s1. The molecular formula is C27H44O4. The first kappa shape index (κ1) is 29.3. The molecule has 0 bridgehead atoms. The fourth-order valence-electron chi connectivity index (χ4n) is 5.95. The number of carbonyl (C=O) groups excluding carboxylic acids is 2. The van der Waals surface area contributed by atoms with Gasteiger partial charge in [-0.15, -0.1) is 12.8 Å². The molecule has 0 aliphatic heterocycles. The third-order valence-corrected chi connectivity index (χ3v) is 7.32. The van der Waals surface area contributed by atoms with Gasteiger partial charge in [0.15, 0.2) is 5.78 Å². The van der Waals surface area contributed by atoms with Gasteiger partial charge in [-0.2, -0.15) is 0 Å². The quantitative estimate of drug-likeness (QED) is 0.593. The second-order valence-corrected chi connectivity index (χ2v) is 9.29. The molecule has 2 fully saturated rings. The normalized spacial score (nSPS) is 36.4. The minimum absolute atomic E-state index is 0.0714. The molecule has 0 aromatic heterocycles. The molecule has 3 aliphatic carbocycles. The molecule has 3 rings (SSSR count). The average Bonchev–Trinajstić information content (AvgIpc) is 2.71. The van der Waals surface area contributed by atoms with E-state index in [1.54, 1.807) is 12.2 Å². The molecule has 0 aromatic carbocycles. The molecule has 3 aliphatic rings. The minimum atomic E-state index is -0.436. The third kappa shape index (κ3) is 6.18. The maximum atomic E-state index is 11.8. The summed E-state index contributed by atoms with van der Waals surface area (Å²) in [5.41, 5.74) is 0.728. The van der Waals surface area contributed by atoms with Crippen LogP contribution in [-0.4, -0.2) is 34.0 Å². The Balaban J connectivity index is 0.000000992. The van der Waals surface area contributed by atoms with Crippen LogP contribution in [0.3, 0.4) is 0 Å². The zero-order valence-corrected chi connectivity index (χ0v) is 20.8. The number of ketones is 2. The van der Waals surface area contributed by atoms with Crippen LogP contribution < -0.4 is 0 Å². The molecule has 2 N–H and O–H groups in total. The molecule has 7 atom stereocenters. The maximum Gasteiger partial charge on any atom is 0.178 e. The third-order valence-electron chi connectivity index (χ3n) is 7.32. The highest BCUT2D eigenvalue weighted by atomic mass is 16.3. The molecular weight excluding hydrogens is 388 g/mol. The van der Waals surface area contributed by atoms with Crippen LogP contribution in [0.15, 0.2) is 23.8 Å². The van der Waals surface area contributed by atoms with Gasteiger partial charge < -0.3 is 15.0 Å². The molecule has 0 heterocycles. The fraction of sp³-hybridized carbons (Fsp3) is 0.704. The van der Waals surface area contributed by atoms with Crippen LogP contribution in [0.5, 0.6) is 0 Å². The van der Waals surface area contributed by atoms with Gasteiger partial charge >= 0.3 is 0 Å². The highest BCUT2D eigenvalue weighted by molar-refractivity contribution is 6.01. The van der Waals surface area contributed by atoms with Crippen molar-refractivity contribution in [2.24, 2.45) is 28.6 Å². The van der Waals surface area contributed by atoms with Crippen molar-refractivity contribution in [3.8, 4) is 12.8 Å². The van der Waals surface area contributed by atoms with Crippen molar-refractivity contribution in [3.63, 3.8) is 0 Å². The van der Waals surface area contributed by atoms with Crippen molar-refractivity contribution in [1.29, 1.82) is 0 Å². The van der Waals surface area contributed by atoms with E-state index in [4.69, 9.17) is 0 Å². The molecule has 6 unspecified atom stereocenters. The first-order chi connectivity index (χ1) is 14.5. The van der Waals surface area contributed by atoms with Gasteiger partial charge in [0.1, 0.15) is 5.78 Å². The van der Waals surface area contributed by atoms with Gasteiger partial charge in [0.05, 0.1) is 12.2 Å². The van der Waals surface area contributed by atoms with Crippen molar-refractivity contribution < 1.29 is 19.8 Å². The lowest BCUT2D eigenvalue weighted by Crippen LogP contribution is -2.58. The number of aliphatic hydroxyl groups excluding tert-OH is 2. The number of Topliss-reactive ketones (excluding diaryl/α,β-unsaturated/α-hetero) is 1. The Labute approximate surface area is 190 Å². The Morgan fingerprint density at radius 2 is 1.77 bits per heavy atom. The number of allylic oxidation sites excluding steroid dienone is 4. The van der Waals surface area contributed by atoms with Gasteiger partial charge in [0.2, 0.25) is 0 Å². The number of fused-ring (bicyclic) bond motifs is 3. The Morgan fingerprint density at radius 3 is 2.23 bits per heavy atom. The first-order valence-electron chi connectivity index (χ1n) is 11.6. The zero-order chi connectivity index (χ0) is 24.6. The van der Waals surface area contributed by atoms with Crippen molar-refractivity contribution in [3.05, 3.63) is 23.8 Å². The lowest BCUT2D eigenvalue weighted by molar-refractivity contribution is -0.150. The minimum Gasteiger partial charge on any atom is -0.393 e. The van der Waals surface area contributed by atoms with Crippen LogP contribution in [0.4, 0.5) is 0 Å². The van der Waals surface area contributed by atoms with Gasteiger partial charge in [-0.3, -0.25) is 4.79 Å². The number of terminal acetylenes is 1. The van der Waals surface area contributed by atoms with Crippen LogP contribution in [0.25, 0.3) is 0 Å². The Kier molecular flexibility index (Phi) is 11.7. The lowest BCUT2D eigenvalue weighted by atomic mass is 9.46. The Morgan fingerprint density at radius 1 is 1.26 bits per heavy atom. The van der Waals surface area contributed by atoms with Crippen molar-refractivity contribution in [1.82, 2.24) is 0 Å². The summed E-state index contributed by atoms with van der Waals surface area (Å²) in [6.07, 6.45) is 16.2. The van der Waals surface area contributed by atoms with Gasteiger partial charge in [-0.05, 0) is 69.4 Å².